The first-order chi connectivity index (χ1) is 21.0. The Kier molecular flexibility index (Phi) is 12.2. The second-order valence-corrected chi connectivity index (χ2v) is 11.1. The van der Waals surface area contributed by atoms with Crippen LogP contribution in [0.15, 0.2) is 36.4 Å². The summed E-state index contributed by atoms with van der Waals surface area (Å²) in [4.78, 5) is 13.6. The molecule has 0 spiro atoms. The molecule has 0 aromatic heterocycles. The Balaban J connectivity index is 1.91. The Morgan fingerprint density at radius 3 is 2.05 bits per heavy atom. The number of carbonyl (C=O) groups is 1. The van der Waals surface area contributed by atoms with Gasteiger partial charge in [-0.05, 0) is 60.6 Å². The van der Waals surface area contributed by atoms with Crippen LogP contribution in [0, 0.1) is 17.2 Å². The van der Waals surface area contributed by atoms with Gasteiger partial charge in [-0.1, -0.05) is 26.0 Å². The zero-order chi connectivity index (χ0) is 32.6. The number of aliphatic carboxylic acids is 1. The number of carboxylic acid groups (broad SMARTS) is 1. The largest absolute Gasteiger partial charge is 0.493 e. The summed E-state index contributed by atoms with van der Waals surface area (Å²) in [6.45, 7) is 4.52. The van der Waals surface area contributed by atoms with Crippen molar-refractivity contribution in [2.75, 3.05) is 41.5 Å². The van der Waals surface area contributed by atoms with Crippen LogP contribution in [0.1, 0.15) is 37.8 Å². The number of methoxy groups -OCH3 is 4. The molecular weight excluding hydrogens is 572 g/mol. The van der Waals surface area contributed by atoms with Crippen LogP contribution in [-0.2, 0) is 21.4 Å². The molecule has 1 aliphatic heterocycles. The van der Waals surface area contributed by atoms with Gasteiger partial charge in [0, 0.05) is 13.1 Å². The summed E-state index contributed by atoms with van der Waals surface area (Å²) in [7, 11) is 6.15. The maximum Gasteiger partial charge on any atom is 0.335 e. The van der Waals surface area contributed by atoms with Gasteiger partial charge in [0.25, 0.3) is 0 Å². The summed E-state index contributed by atoms with van der Waals surface area (Å²) in [5, 5.41) is 51.8. The van der Waals surface area contributed by atoms with Gasteiger partial charge >= 0.3 is 5.97 Å². The molecule has 1 fully saturated rings. The Labute approximate surface area is 258 Å². The molecule has 0 radical (unpaired) electrons. The molecule has 12 heteroatoms. The van der Waals surface area contributed by atoms with E-state index in [1.54, 1.807) is 37.3 Å². The predicted molar refractivity (Wildman–Crippen MR) is 160 cm³/mol. The summed E-state index contributed by atoms with van der Waals surface area (Å²) in [5.74, 6) is 0.622. The van der Waals surface area contributed by atoms with Crippen LogP contribution in [0.3, 0.4) is 0 Å². The van der Waals surface area contributed by atoms with Crippen molar-refractivity contribution in [3.8, 4) is 29.1 Å². The predicted octanol–water partition coefficient (Wildman–Crippen LogP) is 2.36. The molecule has 0 amide bonds. The molecule has 2 aromatic carbocycles. The first-order valence-electron chi connectivity index (χ1n) is 14.5. The maximum absolute atomic E-state index is 11.8. The van der Waals surface area contributed by atoms with E-state index < -0.39 is 42.0 Å². The fourth-order valence-corrected chi connectivity index (χ4v) is 5.73. The summed E-state index contributed by atoms with van der Waals surface area (Å²) < 4.78 is 27.3. The molecular formula is C32H44N2O10. The molecule has 242 valence electrons. The molecule has 0 unspecified atom stereocenters. The first kappa shape index (κ1) is 34.9. The molecule has 1 heterocycles. The van der Waals surface area contributed by atoms with E-state index in [2.05, 4.69) is 6.07 Å². The molecule has 0 aliphatic carbocycles. The normalized spacial score (nSPS) is 23.1. The maximum atomic E-state index is 11.8. The highest BCUT2D eigenvalue weighted by molar-refractivity contribution is 5.73. The lowest BCUT2D eigenvalue weighted by atomic mass is 9.69. The van der Waals surface area contributed by atoms with Crippen molar-refractivity contribution in [2.45, 2.75) is 69.2 Å². The van der Waals surface area contributed by atoms with Crippen molar-refractivity contribution in [1.29, 1.82) is 5.26 Å². The van der Waals surface area contributed by atoms with Crippen LogP contribution in [0.25, 0.3) is 0 Å². The van der Waals surface area contributed by atoms with Gasteiger partial charge in [0.2, 0.25) is 0 Å². The van der Waals surface area contributed by atoms with Gasteiger partial charge in [0.05, 0.1) is 39.9 Å². The topological polar surface area (TPSA) is 171 Å². The van der Waals surface area contributed by atoms with E-state index in [1.165, 1.54) is 14.2 Å². The van der Waals surface area contributed by atoms with Gasteiger partial charge in [-0.2, -0.15) is 5.26 Å². The summed E-state index contributed by atoms with van der Waals surface area (Å²) >= 11 is 0. The highest BCUT2D eigenvalue weighted by Crippen LogP contribution is 2.41. The summed E-state index contributed by atoms with van der Waals surface area (Å²) in [6.07, 6.45) is -6.76. The van der Waals surface area contributed by atoms with E-state index in [-0.39, 0.29) is 12.5 Å². The molecule has 0 bridgehead atoms. The smallest absolute Gasteiger partial charge is 0.335 e. The first-order valence-corrected chi connectivity index (χ1v) is 14.5. The minimum atomic E-state index is -1.80. The number of nitrogens with zero attached hydrogens (tertiary/aromatic N) is 2. The monoisotopic (exact) mass is 616 g/mol. The average molecular weight is 617 g/mol. The number of aliphatic hydroxyl groups is 3. The van der Waals surface area contributed by atoms with E-state index in [4.69, 9.17) is 23.7 Å². The van der Waals surface area contributed by atoms with Crippen LogP contribution < -0.4 is 18.9 Å². The fraction of sp³-hybridized carbons (Fsp3) is 0.562. The molecule has 6 atom stereocenters. The van der Waals surface area contributed by atoms with Gasteiger partial charge in [-0.3, -0.25) is 4.90 Å². The van der Waals surface area contributed by atoms with Crippen molar-refractivity contribution in [3.63, 3.8) is 0 Å². The number of rotatable bonds is 15. The summed E-state index contributed by atoms with van der Waals surface area (Å²) in [5.41, 5.74) is 0.745. The molecule has 1 saturated heterocycles. The number of nitriles is 1. The van der Waals surface area contributed by atoms with Crippen LogP contribution in [-0.4, -0.2) is 103 Å². The molecule has 44 heavy (non-hydrogen) atoms. The third kappa shape index (κ3) is 7.36. The van der Waals surface area contributed by atoms with E-state index in [0.717, 1.165) is 11.1 Å². The third-order valence-corrected chi connectivity index (χ3v) is 8.43. The van der Waals surface area contributed by atoms with Gasteiger partial charge < -0.3 is 44.1 Å². The molecule has 3 rings (SSSR count). The SMILES string of the molecule is COc1ccc(CCN(CCC[C@](C#N)(c2ccc(OC)c(OC)c2)C(C)C)[C@H]2O[C@H](C(=O)O)[C@H](O)[C@@H](O)[C@H]2O)cc1OC. The van der Waals surface area contributed by atoms with E-state index >= 15 is 0 Å². The lowest BCUT2D eigenvalue weighted by Gasteiger charge is -2.44. The van der Waals surface area contributed by atoms with Crippen molar-refractivity contribution < 1.29 is 48.9 Å². The van der Waals surface area contributed by atoms with Crippen molar-refractivity contribution in [3.05, 3.63) is 47.5 Å². The Bertz CT molecular complexity index is 1300. The lowest BCUT2D eigenvalue weighted by molar-refractivity contribution is -0.259. The second kappa shape index (κ2) is 15.4. The number of aliphatic hydroxyl groups excluding tert-OH is 3. The van der Waals surface area contributed by atoms with Crippen molar-refractivity contribution >= 4 is 5.97 Å². The minimum absolute atomic E-state index is 0.0873. The third-order valence-electron chi connectivity index (χ3n) is 8.43. The van der Waals surface area contributed by atoms with Crippen LogP contribution in [0.4, 0.5) is 0 Å². The standard InChI is InChI=1S/C32H44N2O10/c1-19(2)32(18-33,21-9-11-23(41-4)25(17-21)43-6)13-7-14-34(15-12-20-8-10-22(40-3)24(16-20)42-5)30-28(37)26(35)27(36)29(44-30)31(38)39/h8-11,16-17,19,26-30,35-37H,7,12-15H2,1-6H3,(H,38,39)/t26-,27-,28-,29+,30+,32-/m1/s1. The number of hydrogen-bond donors (Lipinski definition) is 4. The van der Waals surface area contributed by atoms with Gasteiger partial charge in [-0.25, -0.2) is 4.79 Å². The van der Waals surface area contributed by atoms with Crippen molar-refractivity contribution in [2.24, 2.45) is 5.92 Å². The molecule has 4 N–H and O–H groups in total. The Morgan fingerprint density at radius 2 is 1.50 bits per heavy atom. The van der Waals surface area contributed by atoms with E-state index in [9.17, 15) is 30.5 Å². The highest BCUT2D eigenvalue weighted by Gasteiger charge is 2.48. The Hall–Kier alpha value is -3.60. The molecule has 12 nitrogen and oxygen atoms in total. The molecule has 1 aliphatic rings. The number of carboxylic acids is 1. The van der Waals surface area contributed by atoms with Crippen LogP contribution in [0.2, 0.25) is 0 Å². The number of benzene rings is 2. The fourth-order valence-electron chi connectivity index (χ4n) is 5.73. The van der Waals surface area contributed by atoms with Crippen LogP contribution >= 0.6 is 0 Å². The van der Waals surface area contributed by atoms with E-state index in [1.807, 2.05) is 32.0 Å². The second-order valence-electron chi connectivity index (χ2n) is 11.1. The highest BCUT2D eigenvalue weighted by atomic mass is 16.6. The van der Waals surface area contributed by atoms with Gasteiger partial charge in [0.1, 0.15) is 24.5 Å². The minimum Gasteiger partial charge on any atom is -0.493 e. The molecule has 0 saturated carbocycles. The lowest BCUT2D eigenvalue weighted by Crippen LogP contribution is -2.64. The average Bonchev–Trinajstić information content (AvgIpc) is 3.03. The van der Waals surface area contributed by atoms with Gasteiger partial charge in [0.15, 0.2) is 29.1 Å². The number of ether oxygens (including phenoxy) is 5. The zero-order valence-electron chi connectivity index (χ0n) is 26.1. The van der Waals surface area contributed by atoms with Crippen molar-refractivity contribution in [1.82, 2.24) is 4.90 Å². The van der Waals surface area contributed by atoms with Crippen LogP contribution in [0.5, 0.6) is 23.0 Å². The molecule has 2 aromatic rings. The zero-order valence-corrected chi connectivity index (χ0v) is 26.1. The van der Waals surface area contributed by atoms with Gasteiger partial charge in [-0.15, -0.1) is 0 Å². The summed E-state index contributed by atoms with van der Waals surface area (Å²) in [6, 6.07) is 13.4. The van der Waals surface area contributed by atoms with E-state index in [0.29, 0.717) is 48.8 Å². The Morgan fingerprint density at radius 1 is 0.909 bits per heavy atom. The quantitative estimate of drug-likeness (QED) is 0.231. The number of hydrogen-bond acceptors (Lipinski definition) is 11.